The van der Waals surface area contributed by atoms with Crippen molar-refractivity contribution in [3.8, 4) is 0 Å². The van der Waals surface area contributed by atoms with Gasteiger partial charge in [-0.05, 0) is 25.7 Å². The van der Waals surface area contributed by atoms with Crippen molar-refractivity contribution in [3.63, 3.8) is 0 Å². The second-order valence-corrected chi connectivity index (χ2v) is 8.04. The molecular weight excluding hydrogens is 353 g/mol. The van der Waals surface area contributed by atoms with Gasteiger partial charge < -0.3 is 25.2 Å². The number of amides is 3. The van der Waals surface area contributed by atoms with Crippen LogP contribution in [-0.2, 0) is 4.74 Å². The zero-order chi connectivity index (χ0) is 18.6. The third-order valence-electron chi connectivity index (χ3n) is 6.05. The van der Waals surface area contributed by atoms with Crippen LogP contribution in [0.2, 0.25) is 0 Å². The van der Waals surface area contributed by atoms with Gasteiger partial charge in [-0.1, -0.05) is 0 Å². The largest absolute Gasteiger partial charge is 0.447 e. The Morgan fingerprint density at radius 2 is 1.88 bits per heavy atom. The number of carbonyl (C=O) groups is 2. The Morgan fingerprint density at radius 3 is 2.38 bits per heavy atom. The Kier molecular flexibility index (Phi) is 4.01. The number of ether oxygens (including phenoxy) is 1. The fourth-order valence-electron chi connectivity index (χ4n) is 4.01. The first-order valence-electron chi connectivity index (χ1n) is 9.01. The molecule has 10 heteroatoms. The van der Waals surface area contributed by atoms with E-state index in [0.29, 0.717) is 39.0 Å². The predicted octanol–water partition coefficient (Wildman–Crippen LogP) is 1.30. The zero-order valence-corrected chi connectivity index (χ0v) is 14.4. The Bertz CT molecular complexity index is 594. The lowest BCUT2D eigenvalue weighted by Crippen LogP contribution is -2.71. The highest BCUT2D eigenvalue weighted by Crippen LogP contribution is 2.57. The highest BCUT2D eigenvalue weighted by atomic mass is 19.4. The van der Waals surface area contributed by atoms with Crippen LogP contribution in [0.25, 0.3) is 0 Å². The number of cyclic esters (lactones) is 1. The van der Waals surface area contributed by atoms with Crippen LogP contribution in [0.3, 0.4) is 0 Å². The molecule has 4 rings (SSSR count). The van der Waals surface area contributed by atoms with Crippen LogP contribution in [0.1, 0.15) is 25.7 Å². The van der Waals surface area contributed by atoms with Crippen LogP contribution in [-0.4, -0.2) is 79.0 Å². The number of rotatable bonds is 3. The lowest BCUT2D eigenvalue weighted by atomic mass is 9.92. The first-order chi connectivity index (χ1) is 12.2. The maximum absolute atomic E-state index is 13.0. The number of nitrogens with one attached hydrogen (secondary N) is 2. The third kappa shape index (κ3) is 3.08. The van der Waals surface area contributed by atoms with E-state index in [9.17, 15) is 22.8 Å². The van der Waals surface area contributed by atoms with Crippen molar-refractivity contribution >= 4 is 12.1 Å². The minimum absolute atomic E-state index is 0.0177. The van der Waals surface area contributed by atoms with E-state index in [1.807, 2.05) is 0 Å². The smallest absolute Gasteiger partial charge is 0.407 e. The second-order valence-electron chi connectivity index (χ2n) is 8.04. The third-order valence-corrected chi connectivity index (χ3v) is 6.05. The van der Waals surface area contributed by atoms with Crippen molar-refractivity contribution in [2.24, 2.45) is 5.41 Å². The van der Waals surface area contributed by atoms with Crippen molar-refractivity contribution in [3.05, 3.63) is 0 Å². The summed E-state index contributed by atoms with van der Waals surface area (Å²) in [6, 6.07) is -0.0618. The van der Waals surface area contributed by atoms with E-state index in [2.05, 4.69) is 10.6 Å². The van der Waals surface area contributed by atoms with Crippen LogP contribution in [0.5, 0.6) is 0 Å². The molecule has 3 aliphatic heterocycles. The number of alkyl halides is 3. The molecule has 0 radical (unpaired) electrons. The van der Waals surface area contributed by atoms with Gasteiger partial charge in [0.05, 0.1) is 18.5 Å². The summed E-state index contributed by atoms with van der Waals surface area (Å²) in [7, 11) is 0. The highest BCUT2D eigenvalue weighted by molar-refractivity contribution is 5.78. The summed E-state index contributed by atoms with van der Waals surface area (Å²) in [6.45, 7) is 2.18. The van der Waals surface area contributed by atoms with Gasteiger partial charge in [-0.15, -0.1) is 0 Å². The molecule has 0 aromatic heterocycles. The fourth-order valence-corrected chi connectivity index (χ4v) is 4.01. The van der Waals surface area contributed by atoms with E-state index in [-0.39, 0.29) is 38.1 Å². The van der Waals surface area contributed by atoms with E-state index in [1.165, 1.54) is 0 Å². The Hall–Kier alpha value is -1.71. The number of hydrogen-bond donors (Lipinski definition) is 2. The number of hydrogen-bond acceptors (Lipinski definition) is 4. The molecule has 1 spiro atoms. The van der Waals surface area contributed by atoms with Crippen LogP contribution in [0.15, 0.2) is 0 Å². The molecule has 4 fully saturated rings. The topological polar surface area (TPSA) is 73.9 Å². The zero-order valence-electron chi connectivity index (χ0n) is 14.4. The van der Waals surface area contributed by atoms with E-state index < -0.39 is 23.2 Å². The van der Waals surface area contributed by atoms with Gasteiger partial charge in [-0.25, -0.2) is 9.59 Å². The monoisotopic (exact) mass is 376 g/mol. The second kappa shape index (κ2) is 5.90. The van der Waals surface area contributed by atoms with Crippen LogP contribution in [0, 0.1) is 5.41 Å². The quantitative estimate of drug-likeness (QED) is 0.779. The van der Waals surface area contributed by atoms with Crippen LogP contribution in [0.4, 0.5) is 22.8 Å². The number of carbonyl (C=O) groups excluding carboxylic acids is 2. The molecule has 0 bridgehead atoms. The number of urea groups is 1. The van der Waals surface area contributed by atoms with Crippen LogP contribution < -0.4 is 10.6 Å². The predicted molar refractivity (Wildman–Crippen MR) is 84.5 cm³/mol. The van der Waals surface area contributed by atoms with Gasteiger partial charge in [0.15, 0.2) is 0 Å². The summed E-state index contributed by atoms with van der Waals surface area (Å²) in [5, 5.41) is 5.79. The minimum atomic E-state index is -4.14. The number of piperidine rings is 1. The van der Waals surface area contributed by atoms with E-state index in [1.54, 1.807) is 9.80 Å². The lowest BCUT2D eigenvalue weighted by molar-refractivity contribution is -0.186. The lowest BCUT2D eigenvalue weighted by Gasteiger charge is -2.48. The summed E-state index contributed by atoms with van der Waals surface area (Å²) in [5.41, 5.74) is -1.97. The average Bonchev–Trinajstić information content (AvgIpc) is 3.27. The highest BCUT2D eigenvalue weighted by Gasteiger charge is 2.62. The molecule has 26 heavy (non-hydrogen) atoms. The Morgan fingerprint density at radius 1 is 1.23 bits per heavy atom. The average molecular weight is 376 g/mol. The molecule has 0 unspecified atom stereocenters. The van der Waals surface area contributed by atoms with Gasteiger partial charge >= 0.3 is 18.3 Å². The molecule has 3 heterocycles. The summed E-state index contributed by atoms with van der Waals surface area (Å²) < 4.78 is 43.8. The van der Waals surface area contributed by atoms with Gasteiger partial charge in [0, 0.05) is 25.7 Å². The first kappa shape index (κ1) is 17.7. The van der Waals surface area contributed by atoms with E-state index in [0.717, 1.165) is 0 Å². The molecule has 1 saturated carbocycles. The summed E-state index contributed by atoms with van der Waals surface area (Å²) >= 11 is 0. The maximum Gasteiger partial charge on any atom is 0.407 e. The summed E-state index contributed by atoms with van der Waals surface area (Å²) in [5.74, 6) is 0. The van der Waals surface area contributed by atoms with Crippen molar-refractivity contribution in [1.82, 2.24) is 20.4 Å². The van der Waals surface area contributed by atoms with Crippen molar-refractivity contribution in [2.45, 2.75) is 43.4 Å². The van der Waals surface area contributed by atoms with Crippen molar-refractivity contribution in [1.29, 1.82) is 0 Å². The van der Waals surface area contributed by atoms with E-state index >= 15 is 0 Å². The summed E-state index contributed by atoms with van der Waals surface area (Å²) in [6.07, 6.45) is -2.87. The molecule has 3 amide bonds. The first-order valence-corrected chi connectivity index (χ1v) is 9.01. The molecule has 0 aromatic carbocycles. The van der Waals surface area contributed by atoms with Crippen molar-refractivity contribution in [2.75, 3.05) is 39.3 Å². The Labute approximate surface area is 149 Å². The molecule has 1 aliphatic carbocycles. The van der Waals surface area contributed by atoms with Gasteiger partial charge in [0.25, 0.3) is 0 Å². The van der Waals surface area contributed by atoms with Gasteiger partial charge in [0.1, 0.15) is 12.1 Å². The number of alkyl carbamates (subject to hydrolysis) is 1. The summed E-state index contributed by atoms with van der Waals surface area (Å²) in [4.78, 5) is 27.0. The Balaban J connectivity index is 1.20. The number of likely N-dealkylation sites (tertiary alicyclic amines) is 2. The molecule has 0 aromatic rings. The van der Waals surface area contributed by atoms with Crippen LogP contribution >= 0.6 is 0 Å². The normalized spacial score (nSPS) is 27.1. The van der Waals surface area contributed by atoms with Gasteiger partial charge in [0.2, 0.25) is 0 Å². The number of nitrogens with zero attached hydrogens (tertiary/aromatic N) is 2. The molecule has 0 atom stereocenters. The molecular formula is C16H23F3N4O3. The van der Waals surface area contributed by atoms with Crippen molar-refractivity contribution < 1.29 is 27.5 Å². The maximum atomic E-state index is 13.0. The molecule has 4 aliphatic rings. The van der Waals surface area contributed by atoms with Gasteiger partial charge in [-0.3, -0.25) is 0 Å². The molecule has 146 valence electrons. The molecule has 2 N–H and O–H groups in total. The fraction of sp³-hybridized carbons (Fsp3) is 0.875. The molecule has 3 saturated heterocycles. The standard InChI is InChI=1S/C16H23F3N4O3/c17-16(18,19)14(3-4-14)7-20-11-1-5-22(6-2-11)13(25)23-8-15(9-23)10-26-12(24)21-15/h11,20H,1-10H2,(H,21,24). The SMILES string of the molecule is O=C1NC2(CO1)CN(C(=O)N1CCC(NCC3(C(F)(F)F)CC3)CC1)C2. The molecule has 7 nitrogen and oxygen atoms in total. The minimum Gasteiger partial charge on any atom is -0.447 e. The van der Waals surface area contributed by atoms with E-state index in [4.69, 9.17) is 4.74 Å². The number of halogens is 3. The van der Waals surface area contributed by atoms with Gasteiger partial charge in [-0.2, -0.15) is 13.2 Å².